The van der Waals surface area contributed by atoms with E-state index in [1.165, 1.54) is 6.92 Å². The lowest BCUT2D eigenvalue weighted by molar-refractivity contribution is -0.109. The van der Waals surface area contributed by atoms with Crippen molar-refractivity contribution in [1.82, 2.24) is 0 Å². The SMILES string of the molecule is C=CC(=O)C(=N)C(C)CS(=O)(=O)O. The Kier molecular flexibility index (Phi) is 3.96. The molecule has 74 valence electrons. The molecule has 0 aromatic carbocycles. The summed E-state index contributed by atoms with van der Waals surface area (Å²) in [5.41, 5.74) is -0.368. The Bertz CT molecular complexity index is 330. The van der Waals surface area contributed by atoms with E-state index in [1.54, 1.807) is 0 Å². The largest absolute Gasteiger partial charge is 0.301 e. The molecule has 0 radical (unpaired) electrons. The highest BCUT2D eigenvalue weighted by molar-refractivity contribution is 7.85. The summed E-state index contributed by atoms with van der Waals surface area (Å²) in [6.07, 6.45) is 0.933. The summed E-state index contributed by atoms with van der Waals surface area (Å²) in [5.74, 6) is -2.07. The van der Waals surface area contributed by atoms with E-state index in [1.807, 2.05) is 0 Å². The lowest BCUT2D eigenvalue weighted by Gasteiger charge is -2.07. The number of carbonyl (C=O) groups excluding carboxylic acids is 1. The summed E-state index contributed by atoms with van der Waals surface area (Å²) in [6, 6.07) is 0. The second-order valence-electron chi connectivity index (χ2n) is 2.63. The normalized spacial score (nSPS) is 13.4. The summed E-state index contributed by atoms with van der Waals surface area (Å²) in [4.78, 5) is 10.8. The zero-order valence-corrected chi connectivity index (χ0v) is 7.97. The molecular formula is C7H11NO4S. The van der Waals surface area contributed by atoms with Gasteiger partial charge >= 0.3 is 0 Å². The number of rotatable bonds is 5. The summed E-state index contributed by atoms with van der Waals surface area (Å²) in [5, 5.41) is 7.18. The molecule has 0 bridgehead atoms. The highest BCUT2D eigenvalue weighted by atomic mass is 32.2. The van der Waals surface area contributed by atoms with Crippen molar-refractivity contribution < 1.29 is 17.8 Å². The van der Waals surface area contributed by atoms with Gasteiger partial charge in [-0.25, -0.2) is 0 Å². The van der Waals surface area contributed by atoms with Gasteiger partial charge in [-0.3, -0.25) is 9.35 Å². The van der Waals surface area contributed by atoms with E-state index in [-0.39, 0.29) is 5.71 Å². The molecule has 0 aromatic rings. The number of nitrogens with one attached hydrogen (secondary N) is 1. The molecule has 0 aromatic heterocycles. The standard InChI is InChI=1S/C7H11NO4S/c1-3-6(9)7(8)5(2)4-13(10,11)12/h3,5,8H,1,4H2,2H3,(H,10,11,12). The molecule has 0 aliphatic carbocycles. The van der Waals surface area contributed by atoms with Crippen molar-refractivity contribution in [1.29, 1.82) is 5.41 Å². The van der Waals surface area contributed by atoms with Crippen LogP contribution in [0.15, 0.2) is 12.7 Å². The Morgan fingerprint density at radius 1 is 1.69 bits per heavy atom. The van der Waals surface area contributed by atoms with Crippen LogP contribution < -0.4 is 0 Å². The van der Waals surface area contributed by atoms with Crippen LogP contribution in [0.1, 0.15) is 6.92 Å². The Labute approximate surface area is 76.7 Å². The quantitative estimate of drug-likeness (QED) is 0.383. The molecule has 2 N–H and O–H groups in total. The van der Waals surface area contributed by atoms with Gasteiger partial charge in [-0.2, -0.15) is 8.42 Å². The van der Waals surface area contributed by atoms with Crippen molar-refractivity contribution in [2.45, 2.75) is 6.92 Å². The van der Waals surface area contributed by atoms with Crippen LogP contribution >= 0.6 is 0 Å². The van der Waals surface area contributed by atoms with E-state index < -0.39 is 27.6 Å². The van der Waals surface area contributed by atoms with Gasteiger partial charge < -0.3 is 5.41 Å². The molecule has 5 nitrogen and oxygen atoms in total. The molecule has 0 saturated heterocycles. The van der Waals surface area contributed by atoms with Crippen molar-refractivity contribution in [3.8, 4) is 0 Å². The van der Waals surface area contributed by atoms with Crippen LogP contribution in [0.25, 0.3) is 0 Å². The predicted molar refractivity (Wildman–Crippen MR) is 48.5 cm³/mol. The molecule has 0 saturated carbocycles. The summed E-state index contributed by atoms with van der Waals surface area (Å²) < 4.78 is 29.2. The van der Waals surface area contributed by atoms with Gasteiger partial charge in [-0.05, 0) is 6.08 Å². The summed E-state index contributed by atoms with van der Waals surface area (Å²) in [7, 11) is -4.14. The van der Waals surface area contributed by atoms with Crippen LogP contribution in [0.4, 0.5) is 0 Å². The number of ketones is 1. The average molecular weight is 205 g/mol. The minimum atomic E-state index is -4.14. The second kappa shape index (κ2) is 4.29. The van der Waals surface area contributed by atoms with Crippen molar-refractivity contribution in [2.75, 3.05) is 5.75 Å². The molecule has 0 heterocycles. The van der Waals surface area contributed by atoms with E-state index in [9.17, 15) is 13.2 Å². The van der Waals surface area contributed by atoms with Crippen LogP contribution in [-0.2, 0) is 14.9 Å². The summed E-state index contributed by atoms with van der Waals surface area (Å²) in [6.45, 7) is 4.53. The topological polar surface area (TPSA) is 95.3 Å². The average Bonchev–Trinajstić information content (AvgIpc) is 1.98. The van der Waals surface area contributed by atoms with E-state index >= 15 is 0 Å². The molecule has 0 spiro atoms. The van der Waals surface area contributed by atoms with Crippen molar-refractivity contribution in [3.63, 3.8) is 0 Å². The van der Waals surface area contributed by atoms with Gasteiger partial charge in [0.1, 0.15) is 0 Å². The Morgan fingerprint density at radius 2 is 2.15 bits per heavy atom. The number of carbonyl (C=O) groups is 1. The maximum Gasteiger partial charge on any atom is 0.265 e. The van der Waals surface area contributed by atoms with Crippen LogP contribution in [0, 0.1) is 11.3 Å². The first-order valence-electron chi connectivity index (χ1n) is 3.48. The lowest BCUT2D eigenvalue weighted by Crippen LogP contribution is -2.25. The first kappa shape index (κ1) is 12.0. The molecule has 13 heavy (non-hydrogen) atoms. The van der Waals surface area contributed by atoms with Gasteiger partial charge in [0, 0.05) is 5.92 Å². The third kappa shape index (κ3) is 4.54. The van der Waals surface area contributed by atoms with Crippen LogP contribution in [0.2, 0.25) is 0 Å². The van der Waals surface area contributed by atoms with E-state index in [2.05, 4.69) is 6.58 Å². The van der Waals surface area contributed by atoms with Gasteiger partial charge in [0.05, 0.1) is 11.5 Å². The molecule has 0 aliphatic heterocycles. The van der Waals surface area contributed by atoms with Crippen LogP contribution in [-0.4, -0.2) is 30.2 Å². The number of hydrogen-bond acceptors (Lipinski definition) is 4. The maximum absolute atomic E-state index is 10.8. The molecule has 0 amide bonds. The minimum Gasteiger partial charge on any atom is -0.301 e. The van der Waals surface area contributed by atoms with Crippen molar-refractivity contribution in [2.24, 2.45) is 5.92 Å². The fourth-order valence-electron chi connectivity index (χ4n) is 0.752. The first-order chi connectivity index (χ1) is 5.78. The zero-order chi connectivity index (χ0) is 10.6. The third-order valence-electron chi connectivity index (χ3n) is 1.40. The fraction of sp³-hybridized carbons (Fsp3) is 0.429. The van der Waals surface area contributed by atoms with Crippen LogP contribution in [0.3, 0.4) is 0 Å². The minimum absolute atomic E-state index is 0.368. The number of hydrogen-bond donors (Lipinski definition) is 2. The van der Waals surface area contributed by atoms with Crippen LogP contribution in [0.5, 0.6) is 0 Å². The molecule has 0 aliphatic rings. The lowest BCUT2D eigenvalue weighted by atomic mass is 10.0. The first-order valence-corrected chi connectivity index (χ1v) is 5.09. The predicted octanol–water partition coefficient (Wildman–Crippen LogP) is 0.285. The van der Waals surface area contributed by atoms with Crippen molar-refractivity contribution >= 4 is 21.6 Å². The maximum atomic E-state index is 10.8. The fourth-order valence-corrected chi connectivity index (χ4v) is 1.55. The smallest absolute Gasteiger partial charge is 0.265 e. The van der Waals surface area contributed by atoms with Gasteiger partial charge in [0.25, 0.3) is 10.1 Å². The third-order valence-corrected chi connectivity index (χ3v) is 2.33. The monoisotopic (exact) mass is 205 g/mol. The Morgan fingerprint density at radius 3 is 2.46 bits per heavy atom. The van der Waals surface area contributed by atoms with Gasteiger partial charge in [-0.15, -0.1) is 0 Å². The molecular weight excluding hydrogens is 194 g/mol. The van der Waals surface area contributed by atoms with Gasteiger partial charge in [-0.1, -0.05) is 13.5 Å². The highest BCUT2D eigenvalue weighted by Crippen LogP contribution is 2.02. The highest BCUT2D eigenvalue weighted by Gasteiger charge is 2.19. The Balaban J connectivity index is 4.46. The van der Waals surface area contributed by atoms with E-state index in [0.29, 0.717) is 0 Å². The van der Waals surface area contributed by atoms with E-state index in [0.717, 1.165) is 6.08 Å². The molecule has 0 rings (SSSR count). The zero-order valence-electron chi connectivity index (χ0n) is 7.15. The summed E-state index contributed by atoms with van der Waals surface area (Å²) >= 11 is 0. The van der Waals surface area contributed by atoms with Crippen molar-refractivity contribution in [3.05, 3.63) is 12.7 Å². The van der Waals surface area contributed by atoms with Gasteiger partial charge in [0.15, 0.2) is 5.78 Å². The van der Waals surface area contributed by atoms with Gasteiger partial charge in [0.2, 0.25) is 0 Å². The molecule has 1 unspecified atom stereocenters. The number of allylic oxidation sites excluding steroid dienone is 1. The molecule has 6 heteroatoms. The Hall–Kier alpha value is -1.01. The molecule has 0 fully saturated rings. The molecule has 1 atom stereocenters. The second-order valence-corrected chi connectivity index (χ2v) is 4.13. The van der Waals surface area contributed by atoms with E-state index in [4.69, 9.17) is 9.96 Å².